The molecule has 5 rings (SSSR count). The number of pyridine rings is 1. The highest BCUT2D eigenvalue weighted by molar-refractivity contribution is 6.39. The normalized spacial score (nSPS) is 13.3. The number of aromatic nitrogens is 1. The van der Waals surface area contributed by atoms with Crippen LogP contribution in [0.15, 0.2) is 85.1 Å². The van der Waals surface area contributed by atoms with Gasteiger partial charge in [-0.25, -0.2) is 9.78 Å². The Balaban J connectivity index is 1.28. The van der Waals surface area contributed by atoms with Crippen molar-refractivity contribution >= 4 is 58.2 Å². The minimum absolute atomic E-state index is 0.0229. The van der Waals surface area contributed by atoms with Crippen LogP contribution in [0.2, 0.25) is 10.0 Å². The Labute approximate surface area is 240 Å². The maximum atomic E-state index is 13.4. The van der Waals surface area contributed by atoms with E-state index in [1.165, 1.54) is 12.1 Å². The number of aliphatic carboxylic acids is 1. The summed E-state index contributed by atoms with van der Waals surface area (Å²) < 4.78 is 0. The number of carboxylic acid groups (broad SMARTS) is 1. The molecule has 0 radical (unpaired) electrons. The Kier molecular flexibility index (Phi) is 8.00. The van der Waals surface area contributed by atoms with Crippen LogP contribution in [0.4, 0.5) is 17.2 Å². The second-order valence-corrected chi connectivity index (χ2v) is 10.1. The quantitative estimate of drug-likeness (QED) is 0.246. The summed E-state index contributed by atoms with van der Waals surface area (Å²) in [6.07, 6.45) is 2.42. The van der Waals surface area contributed by atoms with E-state index in [4.69, 9.17) is 23.2 Å². The molecule has 40 heavy (non-hydrogen) atoms. The van der Waals surface area contributed by atoms with Crippen molar-refractivity contribution in [1.29, 1.82) is 0 Å². The lowest BCUT2D eigenvalue weighted by molar-refractivity contribution is -0.139. The van der Waals surface area contributed by atoms with E-state index in [9.17, 15) is 19.5 Å². The van der Waals surface area contributed by atoms with Gasteiger partial charge in [0.1, 0.15) is 11.9 Å². The number of hydrogen-bond donors (Lipinski definition) is 3. The Morgan fingerprint density at radius 1 is 0.975 bits per heavy atom. The number of carboxylic acids is 1. The number of amides is 2. The lowest BCUT2D eigenvalue weighted by Crippen LogP contribution is -2.42. The van der Waals surface area contributed by atoms with E-state index in [1.807, 2.05) is 36.4 Å². The molecule has 3 aromatic carbocycles. The number of carbonyl (C=O) groups is 3. The van der Waals surface area contributed by atoms with E-state index in [0.717, 1.165) is 11.3 Å². The monoisotopic (exact) mass is 574 g/mol. The van der Waals surface area contributed by atoms with Gasteiger partial charge in [-0.2, -0.15) is 0 Å². The van der Waals surface area contributed by atoms with Gasteiger partial charge in [0.25, 0.3) is 11.8 Å². The maximum Gasteiger partial charge on any atom is 0.326 e. The Hall–Kier alpha value is -4.40. The zero-order valence-corrected chi connectivity index (χ0v) is 22.6. The molecule has 1 aromatic heterocycles. The molecule has 3 N–H and O–H groups in total. The standard InChI is InChI=1S/C30H24Cl2N4O4/c31-23-4-3-5-24(32)27(23)28(37)35-25(30(39)40)16-18-7-11-21(12-8-18)36-15-13-19-9-10-20(17-22(19)29(36)38)34-26-6-1-2-14-33-26/h1-12,14,17,25H,13,15-16H2,(H,33,34)(H,35,37)(H,39,40)/t25-/m0/s1. The van der Waals surface area contributed by atoms with Gasteiger partial charge in [0.05, 0.1) is 15.6 Å². The summed E-state index contributed by atoms with van der Waals surface area (Å²) in [7, 11) is 0. The van der Waals surface area contributed by atoms with Gasteiger partial charge in [0.15, 0.2) is 0 Å². The van der Waals surface area contributed by atoms with Gasteiger partial charge in [-0.15, -0.1) is 0 Å². The average molecular weight is 575 g/mol. The molecular weight excluding hydrogens is 551 g/mol. The van der Waals surface area contributed by atoms with Crippen molar-refractivity contribution in [2.45, 2.75) is 18.9 Å². The van der Waals surface area contributed by atoms with Crippen LogP contribution >= 0.6 is 23.2 Å². The van der Waals surface area contributed by atoms with Crippen LogP contribution in [0.5, 0.6) is 0 Å². The second kappa shape index (κ2) is 11.8. The number of nitrogens with zero attached hydrogens (tertiary/aromatic N) is 2. The van der Waals surface area contributed by atoms with Crippen molar-refractivity contribution in [2.75, 3.05) is 16.8 Å². The third-order valence-electron chi connectivity index (χ3n) is 6.61. The fourth-order valence-electron chi connectivity index (χ4n) is 4.57. The van der Waals surface area contributed by atoms with Gasteiger partial charge in [-0.05, 0) is 66.1 Å². The number of halogens is 2. The van der Waals surface area contributed by atoms with Crippen LogP contribution in [0.1, 0.15) is 31.8 Å². The van der Waals surface area contributed by atoms with E-state index in [-0.39, 0.29) is 27.9 Å². The second-order valence-electron chi connectivity index (χ2n) is 9.25. The van der Waals surface area contributed by atoms with E-state index >= 15 is 0 Å². The third kappa shape index (κ3) is 5.93. The van der Waals surface area contributed by atoms with E-state index in [1.54, 1.807) is 41.4 Å². The summed E-state index contributed by atoms with van der Waals surface area (Å²) in [5.74, 6) is -1.30. The van der Waals surface area contributed by atoms with Gasteiger partial charge in [0, 0.05) is 36.1 Å². The smallest absolute Gasteiger partial charge is 0.326 e. The van der Waals surface area contributed by atoms with Gasteiger partial charge in [-0.1, -0.05) is 53.5 Å². The molecule has 0 saturated heterocycles. The molecule has 1 atom stereocenters. The van der Waals surface area contributed by atoms with Crippen molar-refractivity contribution in [3.63, 3.8) is 0 Å². The van der Waals surface area contributed by atoms with Gasteiger partial charge in [-0.3, -0.25) is 9.59 Å². The van der Waals surface area contributed by atoms with Crippen LogP contribution in [-0.2, 0) is 17.6 Å². The molecule has 10 heteroatoms. The minimum atomic E-state index is -1.21. The van der Waals surface area contributed by atoms with Crippen LogP contribution in [0.25, 0.3) is 0 Å². The van der Waals surface area contributed by atoms with Crippen LogP contribution in [0, 0.1) is 0 Å². The molecule has 0 unspecified atom stereocenters. The van der Waals surface area contributed by atoms with Crippen molar-refractivity contribution in [3.05, 3.63) is 117 Å². The molecule has 4 aromatic rings. The molecule has 0 bridgehead atoms. The fraction of sp³-hybridized carbons (Fsp3) is 0.133. The first-order chi connectivity index (χ1) is 19.3. The molecule has 1 aliphatic rings. The van der Waals surface area contributed by atoms with Crippen molar-refractivity contribution in [1.82, 2.24) is 10.3 Å². The van der Waals surface area contributed by atoms with Crippen LogP contribution < -0.4 is 15.5 Å². The molecule has 2 amide bonds. The highest BCUT2D eigenvalue weighted by Crippen LogP contribution is 2.28. The molecule has 8 nitrogen and oxygen atoms in total. The van der Waals surface area contributed by atoms with Gasteiger partial charge in [0.2, 0.25) is 0 Å². The largest absolute Gasteiger partial charge is 0.480 e. The number of nitrogens with one attached hydrogen (secondary N) is 2. The van der Waals surface area contributed by atoms with Crippen LogP contribution in [-0.4, -0.2) is 40.5 Å². The molecule has 2 heterocycles. The number of hydrogen-bond acceptors (Lipinski definition) is 5. The Bertz CT molecular complexity index is 1560. The summed E-state index contributed by atoms with van der Waals surface area (Å²) in [5.41, 5.74) is 3.75. The predicted molar refractivity (Wildman–Crippen MR) is 155 cm³/mol. The number of fused-ring (bicyclic) bond motifs is 1. The summed E-state index contributed by atoms with van der Waals surface area (Å²) in [4.78, 5) is 44.0. The Morgan fingerprint density at radius 2 is 1.73 bits per heavy atom. The number of anilines is 3. The molecule has 0 fully saturated rings. The highest BCUT2D eigenvalue weighted by Gasteiger charge is 2.27. The third-order valence-corrected chi connectivity index (χ3v) is 7.24. The lowest BCUT2D eigenvalue weighted by Gasteiger charge is -2.29. The summed E-state index contributed by atoms with van der Waals surface area (Å²) in [6.45, 7) is 0.518. The first-order valence-corrected chi connectivity index (χ1v) is 13.2. The van der Waals surface area contributed by atoms with Crippen molar-refractivity contribution < 1.29 is 19.5 Å². The zero-order chi connectivity index (χ0) is 28.2. The first-order valence-electron chi connectivity index (χ1n) is 12.5. The highest BCUT2D eigenvalue weighted by atomic mass is 35.5. The van der Waals surface area contributed by atoms with Crippen LogP contribution in [0.3, 0.4) is 0 Å². The topological polar surface area (TPSA) is 112 Å². The molecule has 0 saturated carbocycles. The van der Waals surface area contributed by atoms with E-state index in [2.05, 4.69) is 15.6 Å². The van der Waals surface area contributed by atoms with E-state index in [0.29, 0.717) is 35.6 Å². The first kappa shape index (κ1) is 27.2. The number of benzene rings is 3. The minimum Gasteiger partial charge on any atom is -0.480 e. The van der Waals surface area contributed by atoms with Gasteiger partial charge >= 0.3 is 5.97 Å². The molecule has 0 spiro atoms. The predicted octanol–water partition coefficient (Wildman–Crippen LogP) is 5.76. The summed E-state index contributed by atoms with van der Waals surface area (Å²) >= 11 is 12.2. The SMILES string of the molecule is O=C(N[C@@H](Cc1ccc(N2CCc3ccc(Nc4ccccn4)cc3C2=O)cc1)C(=O)O)c1c(Cl)cccc1Cl. The molecule has 1 aliphatic heterocycles. The van der Waals surface area contributed by atoms with Crippen molar-refractivity contribution in [3.8, 4) is 0 Å². The zero-order valence-electron chi connectivity index (χ0n) is 21.1. The summed E-state index contributed by atoms with van der Waals surface area (Å²) in [5, 5.41) is 15.7. The van der Waals surface area contributed by atoms with E-state index < -0.39 is 17.9 Å². The van der Waals surface area contributed by atoms with Crippen molar-refractivity contribution in [2.24, 2.45) is 0 Å². The molecule has 0 aliphatic carbocycles. The average Bonchev–Trinajstić information content (AvgIpc) is 2.94. The maximum absolute atomic E-state index is 13.4. The Morgan fingerprint density at radius 3 is 2.40 bits per heavy atom. The van der Waals surface area contributed by atoms with Gasteiger partial charge < -0.3 is 20.6 Å². The summed E-state index contributed by atoms with van der Waals surface area (Å²) in [6, 6.07) is 21.7. The number of rotatable bonds is 8. The molecule has 202 valence electrons. The molecular formula is C30H24Cl2N4O4. The lowest BCUT2D eigenvalue weighted by atomic mass is 9.97. The number of carbonyl (C=O) groups excluding carboxylic acids is 2. The fourth-order valence-corrected chi connectivity index (χ4v) is 5.14.